The second kappa shape index (κ2) is 7.27. The van der Waals surface area contributed by atoms with Gasteiger partial charge in [-0.1, -0.05) is 41.5 Å². The molecule has 1 nitrogen and oxygen atoms in total. The van der Waals surface area contributed by atoms with Crippen LogP contribution in [0.15, 0.2) is 53.1 Å². The van der Waals surface area contributed by atoms with Crippen molar-refractivity contribution in [3.8, 4) is 0 Å². The summed E-state index contributed by atoms with van der Waals surface area (Å²) >= 11 is 3.63. The molecule has 0 aromatic carbocycles. The first-order valence-corrected chi connectivity index (χ1v) is 11.4. The number of carbonyl (C=O) groups is 1. The Bertz CT molecular complexity index is 929. The predicted octanol–water partition coefficient (Wildman–Crippen LogP) is 7.76. The highest BCUT2D eigenvalue weighted by Crippen LogP contribution is 2.43. The highest BCUT2D eigenvalue weighted by Gasteiger charge is 2.35. The third-order valence-corrected chi connectivity index (χ3v) is 7.00. The van der Waals surface area contributed by atoms with Crippen LogP contribution in [0.4, 0.5) is 0 Å². The van der Waals surface area contributed by atoms with Crippen molar-refractivity contribution in [1.29, 1.82) is 0 Å². The molecule has 2 heterocycles. The van der Waals surface area contributed by atoms with Crippen LogP contribution in [-0.4, -0.2) is 5.78 Å². The Hall–Kier alpha value is -1.71. The van der Waals surface area contributed by atoms with E-state index in [9.17, 15) is 4.79 Å². The molecule has 0 N–H and O–H groups in total. The van der Waals surface area contributed by atoms with Crippen molar-refractivity contribution in [2.45, 2.75) is 55.4 Å². The zero-order valence-electron chi connectivity index (χ0n) is 18.2. The summed E-state index contributed by atoms with van der Waals surface area (Å²) in [4.78, 5) is 18.4. The first-order chi connectivity index (χ1) is 12.9. The molecule has 2 aromatic rings. The molecule has 0 unspecified atom stereocenters. The Balaban J connectivity index is 2.37. The number of Topliss-reactive ketones (excluding diaryl/α,β-unsaturated/α-hetero) is 1. The summed E-state index contributed by atoms with van der Waals surface area (Å²) < 4.78 is 0. The maximum atomic E-state index is 13.3. The van der Waals surface area contributed by atoms with E-state index in [1.54, 1.807) is 0 Å². The van der Waals surface area contributed by atoms with Crippen LogP contribution >= 0.6 is 22.7 Å². The quantitative estimate of drug-likeness (QED) is 0.494. The molecule has 0 atom stereocenters. The summed E-state index contributed by atoms with van der Waals surface area (Å²) in [6, 6.07) is 8.78. The van der Waals surface area contributed by atoms with Crippen molar-refractivity contribution in [1.82, 2.24) is 0 Å². The highest BCUT2D eigenvalue weighted by molar-refractivity contribution is 7.15. The summed E-state index contributed by atoms with van der Waals surface area (Å²) in [6.07, 6.45) is 4.27. The predicted molar refractivity (Wildman–Crippen MR) is 124 cm³/mol. The number of ketones is 1. The normalized spacial score (nSPS) is 15.6. The van der Waals surface area contributed by atoms with E-state index in [2.05, 4.69) is 91.8 Å². The standard InChI is InChI=1S/C25H30OS2/c1-15-9-11-20(27-15)22(21-12-10-16(2)28-21)17-13-18(24(3,4)5)23(26)19(14-17)25(6,7)8/h9-14H,1-8H3. The van der Waals surface area contributed by atoms with Gasteiger partial charge < -0.3 is 0 Å². The number of hydrogen-bond acceptors (Lipinski definition) is 3. The van der Waals surface area contributed by atoms with Crippen molar-refractivity contribution in [2.75, 3.05) is 0 Å². The maximum absolute atomic E-state index is 13.3. The minimum atomic E-state index is -0.199. The van der Waals surface area contributed by atoms with Crippen LogP contribution in [0.3, 0.4) is 0 Å². The Labute approximate surface area is 177 Å². The van der Waals surface area contributed by atoms with Crippen molar-refractivity contribution in [2.24, 2.45) is 10.8 Å². The molecule has 2 aromatic heterocycles. The number of thiophene rings is 2. The third kappa shape index (κ3) is 4.16. The molecule has 148 valence electrons. The molecular weight excluding hydrogens is 380 g/mol. The van der Waals surface area contributed by atoms with Gasteiger partial charge in [0.2, 0.25) is 0 Å². The van der Waals surface area contributed by atoms with Crippen molar-refractivity contribution in [3.63, 3.8) is 0 Å². The fourth-order valence-corrected chi connectivity index (χ4v) is 5.39. The molecule has 0 fully saturated rings. The molecule has 28 heavy (non-hydrogen) atoms. The lowest BCUT2D eigenvalue weighted by Gasteiger charge is -2.32. The van der Waals surface area contributed by atoms with Gasteiger partial charge in [-0.3, -0.25) is 4.79 Å². The largest absolute Gasteiger partial charge is 0.289 e. The van der Waals surface area contributed by atoms with Crippen molar-refractivity contribution in [3.05, 3.63) is 72.6 Å². The van der Waals surface area contributed by atoms with Crippen LogP contribution < -0.4 is 0 Å². The molecule has 3 heteroatoms. The van der Waals surface area contributed by atoms with E-state index in [1.165, 1.54) is 25.1 Å². The van der Waals surface area contributed by atoms with Gasteiger partial charge in [0.25, 0.3) is 0 Å². The van der Waals surface area contributed by atoms with Crippen LogP contribution in [-0.2, 0) is 4.79 Å². The van der Waals surface area contributed by atoms with E-state index < -0.39 is 0 Å². The first-order valence-electron chi connectivity index (χ1n) is 9.75. The van der Waals surface area contributed by atoms with E-state index in [0.717, 1.165) is 16.7 Å². The molecule has 3 rings (SSSR count). The minimum Gasteiger partial charge on any atom is -0.289 e. The molecule has 0 saturated carbocycles. The summed E-state index contributed by atoms with van der Waals surface area (Å²) in [6.45, 7) is 17.1. The van der Waals surface area contributed by atoms with E-state index in [0.29, 0.717) is 0 Å². The van der Waals surface area contributed by atoms with Crippen LogP contribution in [0.1, 0.15) is 61.1 Å². The Morgan fingerprint density at radius 1 is 0.714 bits per heavy atom. The van der Waals surface area contributed by atoms with Gasteiger partial charge in [0.15, 0.2) is 5.78 Å². The Morgan fingerprint density at radius 3 is 1.39 bits per heavy atom. The van der Waals surface area contributed by atoms with Gasteiger partial charge in [-0.15, -0.1) is 22.7 Å². The molecule has 0 amide bonds. The molecule has 0 saturated heterocycles. The third-order valence-electron chi connectivity index (χ3n) is 4.97. The van der Waals surface area contributed by atoms with E-state index in [1.807, 2.05) is 22.7 Å². The lowest BCUT2D eigenvalue weighted by molar-refractivity contribution is -0.114. The molecule has 0 bridgehead atoms. The highest BCUT2D eigenvalue weighted by atomic mass is 32.1. The van der Waals surface area contributed by atoms with Gasteiger partial charge in [0.05, 0.1) is 0 Å². The average molecular weight is 411 g/mol. The van der Waals surface area contributed by atoms with Crippen molar-refractivity contribution < 1.29 is 4.79 Å². The van der Waals surface area contributed by atoms with Gasteiger partial charge in [-0.05, 0) is 66.7 Å². The Kier molecular flexibility index (Phi) is 5.46. The van der Waals surface area contributed by atoms with Gasteiger partial charge in [-0.2, -0.15) is 0 Å². The zero-order chi connectivity index (χ0) is 20.9. The van der Waals surface area contributed by atoms with Gasteiger partial charge in [0, 0.05) is 36.2 Å². The van der Waals surface area contributed by atoms with Gasteiger partial charge in [-0.25, -0.2) is 0 Å². The van der Waals surface area contributed by atoms with Crippen LogP contribution in [0.2, 0.25) is 0 Å². The summed E-state index contributed by atoms with van der Waals surface area (Å²) in [7, 11) is 0. The number of allylic oxidation sites excluding steroid dienone is 5. The fraction of sp³-hybridized carbons (Fsp3) is 0.400. The Morgan fingerprint density at radius 2 is 1.11 bits per heavy atom. The lowest BCUT2D eigenvalue weighted by atomic mass is 9.71. The van der Waals surface area contributed by atoms with E-state index in [-0.39, 0.29) is 16.6 Å². The maximum Gasteiger partial charge on any atom is 0.186 e. The monoisotopic (exact) mass is 410 g/mol. The summed E-state index contributed by atoms with van der Waals surface area (Å²) in [5, 5.41) is 0. The molecule has 0 spiro atoms. The second-order valence-corrected chi connectivity index (χ2v) is 12.2. The SMILES string of the molecule is Cc1ccc(C(=C2C=C(C(C)(C)C)C(=O)C(C(C)(C)C)=C2)c2ccc(C)s2)s1. The first kappa shape index (κ1) is 21.0. The fourth-order valence-electron chi connectivity index (χ4n) is 3.43. The van der Waals surface area contributed by atoms with Crippen LogP contribution in [0.25, 0.3) is 5.57 Å². The summed E-state index contributed by atoms with van der Waals surface area (Å²) in [5.41, 5.74) is 3.79. The number of hydrogen-bond donors (Lipinski definition) is 0. The van der Waals surface area contributed by atoms with Gasteiger partial charge in [0.1, 0.15) is 0 Å². The van der Waals surface area contributed by atoms with Crippen LogP contribution in [0, 0.1) is 24.7 Å². The molecule has 1 aliphatic rings. The molecular formula is C25H30OS2. The number of aryl methyl sites for hydroxylation is 2. The number of rotatable bonds is 2. The smallest absolute Gasteiger partial charge is 0.186 e. The average Bonchev–Trinajstić information content (AvgIpc) is 3.16. The number of carbonyl (C=O) groups excluding carboxylic acids is 1. The molecule has 1 aliphatic carbocycles. The molecule has 0 radical (unpaired) electrons. The van der Waals surface area contributed by atoms with E-state index in [4.69, 9.17) is 0 Å². The topological polar surface area (TPSA) is 17.1 Å². The van der Waals surface area contributed by atoms with Crippen LogP contribution in [0.5, 0.6) is 0 Å². The minimum absolute atomic E-state index is 0.188. The summed E-state index contributed by atoms with van der Waals surface area (Å²) in [5.74, 6) is 0.188. The van der Waals surface area contributed by atoms with Crippen molar-refractivity contribution >= 4 is 34.0 Å². The zero-order valence-corrected chi connectivity index (χ0v) is 19.8. The van der Waals surface area contributed by atoms with Gasteiger partial charge >= 0.3 is 0 Å². The lowest BCUT2D eigenvalue weighted by Crippen LogP contribution is -2.28. The second-order valence-electron chi connectivity index (χ2n) is 9.60. The van der Waals surface area contributed by atoms with E-state index >= 15 is 0 Å². The molecule has 0 aliphatic heterocycles.